The highest BCUT2D eigenvalue weighted by atomic mass is 19.4. The molecule has 0 amide bonds. The fourth-order valence-electron chi connectivity index (χ4n) is 2.12. The molecule has 0 saturated carbocycles. The Morgan fingerprint density at radius 1 is 0.840 bits per heavy atom. The zero-order chi connectivity index (χ0) is 18.8. The van der Waals surface area contributed by atoms with Gasteiger partial charge < -0.3 is 4.74 Å². The second-order valence-corrected chi connectivity index (χ2v) is 5.67. The number of benzene rings is 2. The van der Waals surface area contributed by atoms with Crippen LogP contribution in [0, 0.1) is 0 Å². The van der Waals surface area contributed by atoms with Crippen molar-refractivity contribution in [3.05, 3.63) is 54.1 Å². The summed E-state index contributed by atoms with van der Waals surface area (Å²) in [4.78, 5) is 11.4. The minimum atomic E-state index is -5.92. The Bertz CT molecular complexity index is 732. The number of ether oxygens (including phenoxy) is 1. The molecule has 2 aromatic rings. The molecule has 0 spiro atoms. The Labute approximate surface area is 141 Å². The van der Waals surface area contributed by atoms with Crippen molar-refractivity contribution in [3.63, 3.8) is 0 Å². The van der Waals surface area contributed by atoms with E-state index in [2.05, 4.69) is 0 Å². The Morgan fingerprint density at radius 3 is 1.68 bits per heavy atom. The molecule has 0 unspecified atom stereocenters. The van der Waals surface area contributed by atoms with Gasteiger partial charge in [-0.15, -0.1) is 0 Å². The van der Waals surface area contributed by atoms with Crippen LogP contribution in [-0.4, -0.2) is 24.0 Å². The predicted octanol–water partition coefficient (Wildman–Crippen LogP) is 5.52. The average Bonchev–Trinajstić information content (AvgIpc) is 2.53. The molecule has 2 rings (SSSR count). The molecule has 0 aliphatic heterocycles. The maximum absolute atomic E-state index is 13.1. The highest BCUT2D eigenvalue weighted by Crippen LogP contribution is 2.38. The van der Waals surface area contributed by atoms with Crippen molar-refractivity contribution in [2.75, 3.05) is 0 Å². The minimum Gasteiger partial charge on any atom is -0.491 e. The first kappa shape index (κ1) is 18.9. The number of alkyl halides is 5. The predicted molar refractivity (Wildman–Crippen MR) is 83.0 cm³/mol. The number of rotatable bonds is 5. The molecular formula is C18H15F5O2. The Kier molecular flexibility index (Phi) is 5.15. The van der Waals surface area contributed by atoms with Crippen LogP contribution in [-0.2, 0) is 0 Å². The molecule has 0 aliphatic carbocycles. The number of carbonyl (C=O) groups excluding carboxylic acids is 1. The summed E-state index contributed by atoms with van der Waals surface area (Å²) in [6.07, 6.45) is -5.92. The van der Waals surface area contributed by atoms with E-state index in [1.165, 1.54) is 12.1 Å². The molecular weight excluding hydrogens is 343 g/mol. The van der Waals surface area contributed by atoms with E-state index in [1.54, 1.807) is 24.3 Å². The smallest absolute Gasteiger partial charge is 0.461 e. The van der Waals surface area contributed by atoms with Crippen LogP contribution < -0.4 is 4.74 Å². The van der Waals surface area contributed by atoms with Gasteiger partial charge in [-0.05, 0) is 37.1 Å². The maximum atomic E-state index is 13.1. The molecule has 0 aromatic heterocycles. The maximum Gasteiger partial charge on any atom is 0.461 e. The normalized spacial score (nSPS) is 12.3. The lowest BCUT2D eigenvalue weighted by molar-refractivity contribution is -0.255. The van der Waals surface area contributed by atoms with Crippen LogP contribution in [0.2, 0.25) is 0 Å². The molecule has 0 saturated heterocycles. The number of Topliss-reactive ketones (excluding diaryl/α,β-unsaturated/α-hetero) is 1. The second-order valence-electron chi connectivity index (χ2n) is 5.67. The van der Waals surface area contributed by atoms with Gasteiger partial charge in [-0.25, -0.2) is 0 Å². The minimum absolute atomic E-state index is 0.00597. The number of ketones is 1. The van der Waals surface area contributed by atoms with E-state index in [1.807, 2.05) is 13.8 Å². The van der Waals surface area contributed by atoms with Gasteiger partial charge in [-0.1, -0.05) is 36.4 Å². The van der Waals surface area contributed by atoms with Crippen molar-refractivity contribution in [1.82, 2.24) is 0 Å². The molecule has 0 fully saturated rings. The first-order valence-electron chi connectivity index (χ1n) is 7.39. The number of halogens is 5. The van der Waals surface area contributed by atoms with Gasteiger partial charge in [0.1, 0.15) is 5.75 Å². The lowest BCUT2D eigenvalue weighted by atomic mass is 10.00. The third-order valence-electron chi connectivity index (χ3n) is 3.35. The zero-order valence-electron chi connectivity index (χ0n) is 13.4. The number of hydrogen-bond donors (Lipinski definition) is 0. The van der Waals surface area contributed by atoms with Crippen molar-refractivity contribution in [1.29, 1.82) is 0 Å². The number of carbonyl (C=O) groups is 1. The highest BCUT2D eigenvalue weighted by Gasteiger charge is 2.63. The Balaban J connectivity index is 2.21. The van der Waals surface area contributed by atoms with E-state index in [-0.39, 0.29) is 6.10 Å². The summed E-state index contributed by atoms with van der Waals surface area (Å²) >= 11 is 0. The summed E-state index contributed by atoms with van der Waals surface area (Å²) in [6, 6.07) is 11.4. The van der Waals surface area contributed by atoms with E-state index in [0.717, 1.165) is 12.1 Å². The molecule has 2 nitrogen and oxygen atoms in total. The summed E-state index contributed by atoms with van der Waals surface area (Å²) in [7, 11) is 0. The summed E-state index contributed by atoms with van der Waals surface area (Å²) < 4.78 is 68.5. The molecule has 25 heavy (non-hydrogen) atoms. The van der Waals surface area contributed by atoms with Crippen molar-refractivity contribution in [3.8, 4) is 16.9 Å². The van der Waals surface area contributed by atoms with Crippen molar-refractivity contribution in [2.24, 2.45) is 0 Å². The van der Waals surface area contributed by atoms with Crippen LogP contribution in [0.15, 0.2) is 48.5 Å². The summed E-state index contributed by atoms with van der Waals surface area (Å²) in [5.41, 5.74) is 0.575. The van der Waals surface area contributed by atoms with Gasteiger partial charge >= 0.3 is 12.1 Å². The first-order valence-corrected chi connectivity index (χ1v) is 7.39. The van der Waals surface area contributed by atoms with Crippen LogP contribution in [0.25, 0.3) is 11.1 Å². The van der Waals surface area contributed by atoms with E-state index in [0.29, 0.717) is 16.9 Å². The van der Waals surface area contributed by atoms with Crippen molar-refractivity contribution >= 4 is 5.78 Å². The Hall–Kier alpha value is -2.44. The van der Waals surface area contributed by atoms with E-state index in [4.69, 9.17) is 4.74 Å². The molecule has 7 heteroatoms. The quantitative estimate of drug-likeness (QED) is 0.520. The number of hydrogen-bond acceptors (Lipinski definition) is 2. The van der Waals surface area contributed by atoms with Gasteiger partial charge in [0, 0.05) is 5.56 Å². The largest absolute Gasteiger partial charge is 0.491 e. The fraction of sp³-hybridized carbons (Fsp3) is 0.278. The third-order valence-corrected chi connectivity index (χ3v) is 3.35. The van der Waals surface area contributed by atoms with E-state index in [9.17, 15) is 26.7 Å². The first-order chi connectivity index (χ1) is 11.5. The van der Waals surface area contributed by atoms with Crippen LogP contribution >= 0.6 is 0 Å². The van der Waals surface area contributed by atoms with Gasteiger partial charge in [0.05, 0.1) is 6.10 Å². The lowest BCUT2D eigenvalue weighted by Gasteiger charge is -2.18. The van der Waals surface area contributed by atoms with Crippen molar-refractivity contribution < 1.29 is 31.5 Å². The average molecular weight is 358 g/mol. The topological polar surface area (TPSA) is 26.3 Å². The monoisotopic (exact) mass is 358 g/mol. The van der Waals surface area contributed by atoms with Crippen LogP contribution in [0.3, 0.4) is 0 Å². The molecule has 0 radical (unpaired) electrons. The molecule has 0 heterocycles. The zero-order valence-corrected chi connectivity index (χ0v) is 13.4. The van der Waals surface area contributed by atoms with Gasteiger partial charge in [0.2, 0.25) is 5.78 Å². The van der Waals surface area contributed by atoms with Crippen LogP contribution in [0.1, 0.15) is 24.2 Å². The molecule has 0 bridgehead atoms. The standard InChI is InChI=1S/C18H15F5O2/c1-11(2)25-15-9-7-13(8-10-15)12-3-5-14(6-4-12)16(24)17(19,20)18(21,22)23/h3-11H,1-2H3. The molecule has 134 valence electrons. The molecule has 0 atom stereocenters. The fourth-order valence-corrected chi connectivity index (χ4v) is 2.12. The van der Waals surface area contributed by atoms with E-state index < -0.39 is 23.4 Å². The summed E-state index contributed by atoms with van der Waals surface area (Å²) in [6.45, 7) is 3.75. The summed E-state index contributed by atoms with van der Waals surface area (Å²) in [5, 5.41) is 0. The summed E-state index contributed by atoms with van der Waals surface area (Å²) in [5.74, 6) is -7.03. The lowest BCUT2D eigenvalue weighted by Crippen LogP contribution is -2.44. The van der Waals surface area contributed by atoms with E-state index >= 15 is 0 Å². The van der Waals surface area contributed by atoms with Gasteiger partial charge in [0.25, 0.3) is 0 Å². The van der Waals surface area contributed by atoms with Crippen LogP contribution in [0.4, 0.5) is 22.0 Å². The highest BCUT2D eigenvalue weighted by molar-refractivity contribution is 6.02. The van der Waals surface area contributed by atoms with Crippen molar-refractivity contribution in [2.45, 2.75) is 32.1 Å². The third kappa shape index (κ3) is 4.15. The SMILES string of the molecule is CC(C)Oc1ccc(-c2ccc(C(=O)C(F)(F)C(F)(F)F)cc2)cc1. The van der Waals surface area contributed by atoms with Crippen LogP contribution in [0.5, 0.6) is 5.75 Å². The second kappa shape index (κ2) is 6.82. The van der Waals surface area contributed by atoms with Gasteiger partial charge in [0.15, 0.2) is 0 Å². The molecule has 2 aromatic carbocycles. The van der Waals surface area contributed by atoms with Gasteiger partial charge in [-0.3, -0.25) is 4.79 Å². The van der Waals surface area contributed by atoms with Gasteiger partial charge in [-0.2, -0.15) is 22.0 Å². The molecule has 0 aliphatic rings. The molecule has 0 N–H and O–H groups in total. The Morgan fingerprint density at radius 2 is 1.28 bits per heavy atom.